The fraction of sp³-hybridized carbons (Fsp3) is 1.00. The summed E-state index contributed by atoms with van der Waals surface area (Å²) in [6, 6.07) is 0. The van der Waals surface area contributed by atoms with Gasteiger partial charge in [0, 0.05) is 5.88 Å². The van der Waals surface area contributed by atoms with Crippen LogP contribution >= 0.6 is 23.4 Å². The van der Waals surface area contributed by atoms with E-state index >= 15 is 0 Å². The van der Waals surface area contributed by atoms with Crippen molar-refractivity contribution >= 4 is 23.4 Å². The third kappa shape index (κ3) is 6.73. The smallest absolute Gasteiger partial charge is 0.0279 e. The molecule has 0 aliphatic rings. The number of halogens is 1. The fourth-order valence-electron chi connectivity index (χ4n) is 1.95. The zero-order chi connectivity index (χ0) is 11.6. The van der Waals surface area contributed by atoms with Gasteiger partial charge in [0.25, 0.3) is 0 Å². The van der Waals surface area contributed by atoms with Crippen molar-refractivity contribution in [3.05, 3.63) is 0 Å². The lowest BCUT2D eigenvalue weighted by atomic mass is 9.78. The lowest BCUT2D eigenvalue weighted by molar-refractivity contribution is 0.257. The maximum absolute atomic E-state index is 6.17. The zero-order valence-corrected chi connectivity index (χ0v) is 12.2. The van der Waals surface area contributed by atoms with Gasteiger partial charge in [0.15, 0.2) is 0 Å². The molecule has 0 saturated carbocycles. The molecule has 1 unspecified atom stereocenters. The summed E-state index contributed by atoms with van der Waals surface area (Å²) in [7, 11) is 0. The van der Waals surface area contributed by atoms with E-state index < -0.39 is 0 Å². The molecular formula is C13H27ClS. The number of rotatable bonds is 10. The molecule has 0 spiro atoms. The van der Waals surface area contributed by atoms with Gasteiger partial charge in [-0.15, -0.1) is 11.6 Å². The number of hydrogen-bond donors (Lipinski definition) is 0. The van der Waals surface area contributed by atoms with E-state index in [0.717, 1.165) is 5.88 Å². The van der Waals surface area contributed by atoms with Gasteiger partial charge in [-0.25, -0.2) is 0 Å². The Hall–Kier alpha value is 0.640. The van der Waals surface area contributed by atoms with Crippen LogP contribution < -0.4 is 0 Å². The van der Waals surface area contributed by atoms with E-state index in [1.165, 1.54) is 50.0 Å². The van der Waals surface area contributed by atoms with Crippen LogP contribution in [-0.4, -0.2) is 17.4 Å². The Morgan fingerprint density at radius 3 is 2.20 bits per heavy atom. The van der Waals surface area contributed by atoms with Crippen LogP contribution in [0.4, 0.5) is 0 Å². The number of alkyl halides is 1. The van der Waals surface area contributed by atoms with Crippen molar-refractivity contribution in [1.82, 2.24) is 0 Å². The Labute approximate surface area is 106 Å². The summed E-state index contributed by atoms with van der Waals surface area (Å²) in [6.07, 6.45) is 7.85. The topological polar surface area (TPSA) is 0 Å². The van der Waals surface area contributed by atoms with Gasteiger partial charge >= 0.3 is 0 Å². The van der Waals surface area contributed by atoms with Crippen LogP contribution in [0.2, 0.25) is 0 Å². The van der Waals surface area contributed by atoms with Crippen molar-refractivity contribution in [3.63, 3.8) is 0 Å². The van der Waals surface area contributed by atoms with Crippen molar-refractivity contribution in [2.24, 2.45) is 5.41 Å². The first-order valence-electron chi connectivity index (χ1n) is 6.38. The Kier molecular flexibility index (Phi) is 10.3. The SMILES string of the molecule is CCCCC(CC)(CCl)CCCSCC. The largest absolute Gasteiger partial charge is 0.162 e. The first-order valence-corrected chi connectivity index (χ1v) is 8.07. The van der Waals surface area contributed by atoms with E-state index in [9.17, 15) is 0 Å². The molecule has 92 valence electrons. The summed E-state index contributed by atoms with van der Waals surface area (Å²) in [4.78, 5) is 0. The minimum absolute atomic E-state index is 0.436. The summed E-state index contributed by atoms with van der Waals surface area (Å²) in [5, 5.41) is 0. The Bertz CT molecular complexity index is 132. The summed E-state index contributed by atoms with van der Waals surface area (Å²) in [5.74, 6) is 3.40. The van der Waals surface area contributed by atoms with Crippen molar-refractivity contribution in [2.45, 2.75) is 59.3 Å². The Balaban J connectivity index is 3.88. The van der Waals surface area contributed by atoms with Gasteiger partial charge in [-0.3, -0.25) is 0 Å². The second-order valence-corrected chi connectivity index (χ2v) is 6.05. The van der Waals surface area contributed by atoms with Gasteiger partial charge in [0.1, 0.15) is 0 Å². The monoisotopic (exact) mass is 250 g/mol. The first kappa shape index (κ1) is 15.6. The van der Waals surface area contributed by atoms with Crippen LogP contribution in [0.3, 0.4) is 0 Å². The standard InChI is InChI=1S/C13H27ClS/c1-4-7-9-13(5-2,12-14)10-8-11-15-6-3/h4-12H2,1-3H3. The highest BCUT2D eigenvalue weighted by atomic mass is 35.5. The molecule has 0 aromatic heterocycles. The molecule has 0 nitrogen and oxygen atoms in total. The fourth-order valence-corrected chi connectivity index (χ4v) is 3.05. The molecule has 15 heavy (non-hydrogen) atoms. The summed E-state index contributed by atoms with van der Waals surface area (Å²) >= 11 is 8.22. The average Bonchev–Trinajstić information content (AvgIpc) is 2.29. The van der Waals surface area contributed by atoms with Crippen molar-refractivity contribution < 1.29 is 0 Å². The molecule has 0 fully saturated rings. The lowest BCUT2D eigenvalue weighted by Crippen LogP contribution is -2.22. The van der Waals surface area contributed by atoms with Gasteiger partial charge in [-0.2, -0.15) is 11.8 Å². The molecule has 2 heteroatoms. The molecule has 0 aliphatic heterocycles. The van der Waals surface area contributed by atoms with Crippen molar-refractivity contribution in [1.29, 1.82) is 0 Å². The number of unbranched alkanes of at least 4 members (excludes halogenated alkanes) is 1. The maximum atomic E-state index is 6.17. The predicted molar refractivity (Wildman–Crippen MR) is 75.2 cm³/mol. The van der Waals surface area contributed by atoms with Crippen LogP contribution in [0.25, 0.3) is 0 Å². The van der Waals surface area contributed by atoms with Gasteiger partial charge in [0.05, 0.1) is 0 Å². The molecule has 0 N–H and O–H groups in total. The number of hydrogen-bond acceptors (Lipinski definition) is 1. The van der Waals surface area contributed by atoms with Gasteiger partial charge in [-0.1, -0.05) is 33.6 Å². The summed E-state index contributed by atoms with van der Waals surface area (Å²) in [6.45, 7) is 6.79. The molecule has 1 atom stereocenters. The summed E-state index contributed by atoms with van der Waals surface area (Å²) in [5.41, 5.74) is 0.436. The summed E-state index contributed by atoms with van der Waals surface area (Å²) < 4.78 is 0. The van der Waals surface area contributed by atoms with Gasteiger partial charge < -0.3 is 0 Å². The van der Waals surface area contributed by atoms with E-state index in [1.807, 2.05) is 0 Å². The molecular weight excluding hydrogens is 224 g/mol. The Morgan fingerprint density at radius 2 is 1.73 bits per heavy atom. The van der Waals surface area contributed by atoms with Gasteiger partial charge in [0.2, 0.25) is 0 Å². The zero-order valence-electron chi connectivity index (χ0n) is 10.7. The molecule has 0 heterocycles. The molecule has 0 amide bonds. The molecule has 0 aliphatic carbocycles. The van der Waals surface area contributed by atoms with Crippen LogP contribution in [0.1, 0.15) is 59.3 Å². The highest BCUT2D eigenvalue weighted by Gasteiger charge is 2.25. The van der Waals surface area contributed by atoms with Crippen LogP contribution in [0.5, 0.6) is 0 Å². The molecule has 0 rings (SSSR count). The van der Waals surface area contributed by atoms with E-state index in [2.05, 4.69) is 32.5 Å². The van der Waals surface area contributed by atoms with Crippen LogP contribution in [-0.2, 0) is 0 Å². The molecule has 0 saturated heterocycles. The maximum Gasteiger partial charge on any atom is 0.0279 e. The Morgan fingerprint density at radius 1 is 1.07 bits per heavy atom. The normalized spacial score (nSPS) is 15.2. The number of thioether (sulfide) groups is 1. The van der Waals surface area contributed by atoms with E-state index in [4.69, 9.17) is 11.6 Å². The lowest BCUT2D eigenvalue weighted by Gasteiger charge is -2.30. The molecule has 0 aromatic carbocycles. The van der Waals surface area contributed by atoms with Crippen molar-refractivity contribution in [2.75, 3.05) is 17.4 Å². The quantitative estimate of drug-likeness (QED) is 0.372. The minimum atomic E-state index is 0.436. The van der Waals surface area contributed by atoms with E-state index in [1.54, 1.807) is 0 Å². The molecule has 0 aromatic rings. The molecule has 0 bridgehead atoms. The average molecular weight is 251 g/mol. The third-order valence-corrected chi connectivity index (χ3v) is 4.85. The molecule has 0 radical (unpaired) electrons. The highest BCUT2D eigenvalue weighted by Crippen LogP contribution is 2.35. The first-order chi connectivity index (χ1) is 7.24. The second-order valence-electron chi connectivity index (χ2n) is 4.39. The predicted octanol–water partition coefficient (Wildman–Crippen LogP) is 5.35. The third-order valence-electron chi connectivity index (χ3n) is 3.29. The highest BCUT2D eigenvalue weighted by molar-refractivity contribution is 7.99. The van der Waals surface area contributed by atoms with Crippen molar-refractivity contribution in [3.8, 4) is 0 Å². The van der Waals surface area contributed by atoms with Crippen LogP contribution in [0.15, 0.2) is 0 Å². The van der Waals surface area contributed by atoms with Gasteiger partial charge in [-0.05, 0) is 42.6 Å². The van der Waals surface area contributed by atoms with E-state index in [0.29, 0.717) is 5.41 Å². The van der Waals surface area contributed by atoms with Crippen LogP contribution in [0, 0.1) is 5.41 Å². The minimum Gasteiger partial charge on any atom is -0.162 e. The second kappa shape index (κ2) is 9.84. The van der Waals surface area contributed by atoms with E-state index in [-0.39, 0.29) is 0 Å².